The Kier molecular flexibility index (Phi) is 7.22. The third-order valence-corrected chi connectivity index (χ3v) is 9.71. The van der Waals surface area contributed by atoms with E-state index in [1.165, 1.54) is 13.8 Å². The van der Waals surface area contributed by atoms with E-state index in [2.05, 4.69) is 13.8 Å². The van der Waals surface area contributed by atoms with Crippen LogP contribution in [-0.2, 0) is 44.5 Å². The average Bonchev–Trinajstić information content (AvgIpc) is 3.73. The Morgan fingerprint density at radius 2 is 1.73 bits per heavy atom. The lowest BCUT2D eigenvalue weighted by Gasteiger charge is -2.41. The van der Waals surface area contributed by atoms with Gasteiger partial charge in [0.2, 0.25) is 5.78 Å². The van der Waals surface area contributed by atoms with Gasteiger partial charge in [0.25, 0.3) is 0 Å². The average molecular weight is 553 g/mol. The van der Waals surface area contributed by atoms with E-state index in [0.717, 1.165) is 12.0 Å². The highest BCUT2D eigenvalue weighted by Gasteiger charge is 2.71. The maximum absolute atomic E-state index is 14.5. The highest BCUT2D eigenvalue weighted by molar-refractivity contribution is 6.03. The Balaban J connectivity index is 1.61. The molecule has 216 valence electrons. The minimum Gasteiger partial charge on any atom is -0.461 e. The molecule has 8 nitrogen and oxygen atoms in total. The molecular weight excluding hydrogens is 512 g/mol. The number of carbonyl (C=O) groups is 4. The summed E-state index contributed by atoms with van der Waals surface area (Å²) in [6, 6.07) is 9.25. The number of hydrogen-bond acceptors (Lipinski definition) is 8. The molecule has 4 aliphatic rings. The van der Waals surface area contributed by atoms with Crippen molar-refractivity contribution in [2.75, 3.05) is 6.61 Å². The highest BCUT2D eigenvalue weighted by atomic mass is 16.6. The third kappa shape index (κ3) is 5.00. The van der Waals surface area contributed by atoms with Gasteiger partial charge in [-0.3, -0.25) is 19.2 Å². The molecule has 1 aromatic carbocycles. The van der Waals surface area contributed by atoms with Crippen molar-refractivity contribution in [1.82, 2.24) is 0 Å². The van der Waals surface area contributed by atoms with Crippen molar-refractivity contribution in [3.05, 3.63) is 47.5 Å². The van der Waals surface area contributed by atoms with Crippen molar-refractivity contribution < 1.29 is 38.1 Å². The molecule has 1 spiro atoms. The van der Waals surface area contributed by atoms with Gasteiger partial charge in [-0.15, -0.1) is 0 Å². The molecular formula is C32H40O8. The first-order valence-corrected chi connectivity index (χ1v) is 14.3. The zero-order chi connectivity index (χ0) is 29.0. The van der Waals surface area contributed by atoms with Gasteiger partial charge in [-0.1, -0.05) is 57.2 Å². The fourth-order valence-corrected chi connectivity index (χ4v) is 7.55. The summed E-state index contributed by atoms with van der Waals surface area (Å²) in [7, 11) is 0. The summed E-state index contributed by atoms with van der Waals surface area (Å²) >= 11 is 0. The van der Waals surface area contributed by atoms with Crippen LogP contribution in [0.4, 0.5) is 0 Å². The van der Waals surface area contributed by atoms with Crippen molar-refractivity contribution in [2.45, 2.75) is 90.6 Å². The predicted molar refractivity (Wildman–Crippen MR) is 145 cm³/mol. The number of fused-ring (bicyclic) bond motifs is 2. The van der Waals surface area contributed by atoms with Crippen LogP contribution in [0.2, 0.25) is 0 Å². The van der Waals surface area contributed by atoms with Crippen molar-refractivity contribution in [3.63, 3.8) is 0 Å². The molecule has 0 unspecified atom stereocenters. The van der Waals surface area contributed by atoms with Gasteiger partial charge in [-0.2, -0.15) is 0 Å². The predicted octanol–water partition coefficient (Wildman–Crippen LogP) is 4.38. The fourth-order valence-electron chi connectivity index (χ4n) is 7.55. The topological polar surface area (TPSA) is 108 Å². The summed E-state index contributed by atoms with van der Waals surface area (Å²) < 4.78 is 24.2. The molecule has 5 rings (SSSR count). The van der Waals surface area contributed by atoms with Crippen LogP contribution in [0, 0.1) is 29.1 Å². The second-order valence-corrected chi connectivity index (χ2v) is 12.9. The summed E-state index contributed by atoms with van der Waals surface area (Å²) in [4.78, 5) is 52.9. The number of ether oxygens (including phenoxy) is 4. The number of Topliss-reactive ketones (excluding diaryl/α,β-unsaturated/α-hetero) is 1. The Morgan fingerprint density at radius 3 is 2.33 bits per heavy atom. The first-order valence-electron chi connectivity index (χ1n) is 14.3. The van der Waals surface area contributed by atoms with Crippen LogP contribution in [0.5, 0.6) is 0 Å². The monoisotopic (exact) mass is 552 g/mol. The first kappa shape index (κ1) is 28.5. The van der Waals surface area contributed by atoms with Crippen molar-refractivity contribution >= 4 is 23.7 Å². The van der Waals surface area contributed by atoms with E-state index in [-0.39, 0.29) is 35.9 Å². The summed E-state index contributed by atoms with van der Waals surface area (Å²) in [6.45, 7) is 11.0. The van der Waals surface area contributed by atoms with E-state index in [9.17, 15) is 19.2 Å². The zero-order valence-electron chi connectivity index (χ0n) is 24.2. The normalized spacial score (nSPS) is 39.0. The largest absolute Gasteiger partial charge is 0.461 e. The van der Waals surface area contributed by atoms with Crippen LogP contribution in [0.3, 0.4) is 0 Å². The Hall–Kier alpha value is -3.00. The summed E-state index contributed by atoms with van der Waals surface area (Å²) in [5.74, 6) is -2.72. The molecule has 3 aliphatic carbocycles. The minimum atomic E-state index is -1.68. The van der Waals surface area contributed by atoms with Gasteiger partial charge in [-0.25, -0.2) is 0 Å². The highest BCUT2D eigenvalue weighted by Crippen LogP contribution is 2.64. The van der Waals surface area contributed by atoms with Crippen LogP contribution in [0.25, 0.3) is 0 Å². The van der Waals surface area contributed by atoms with Crippen molar-refractivity contribution in [2.24, 2.45) is 29.1 Å². The van der Waals surface area contributed by atoms with Crippen molar-refractivity contribution in [1.29, 1.82) is 0 Å². The lowest BCUT2D eigenvalue weighted by molar-refractivity contribution is -0.190. The number of allylic oxidation sites excluding steroid dienone is 1. The van der Waals surface area contributed by atoms with Gasteiger partial charge in [0, 0.05) is 20.3 Å². The molecule has 0 aromatic heterocycles. The zero-order valence-corrected chi connectivity index (χ0v) is 24.2. The van der Waals surface area contributed by atoms with Gasteiger partial charge in [0.15, 0.2) is 5.60 Å². The summed E-state index contributed by atoms with van der Waals surface area (Å²) in [5, 5.41) is 0. The fraction of sp³-hybridized carbons (Fsp3) is 0.625. The molecule has 0 N–H and O–H groups in total. The van der Waals surface area contributed by atoms with Crippen LogP contribution >= 0.6 is 0 Å². The Labute approximate surface area is 235 Å². The standard InChI is InChI=1S/C32H40O8/c1-18-14-24-23(30(24,5)6)12-13-31(17-37-31)29(38-20(3)33)26-27(39-25(35)15-22-10-8-7-9-11-22)19(2)16-32(26,28(18)36)40-21(4)34/h7-11,14,19,23-24,26-27,29H,12-13,15-17H2,1-6H3/b18-14-/t19-,23+,24+,26-,27+,29+,31-,32+/m0/s1. The maximum Gasteiger partial charge on any atom is 0.310 e. The molecule has 1 aromatic rings. The molecule has 1 heterocycles. The van der Waals surface area contributed by atoms with E-state index in [0.29, 0.717) is 24.5 Å². The third-order valence-electron chi connectivity index (χ3n) is 9.71. The quantitative estimate of drug-likeness (QED) is 0.301. The maximum atomic E-state index is 14.5. The number of hydrogen-bond donors (Lipinski definition) is 0. The lowest BCUT2D eigenvalue weighted by atomic mass is 9.74. The lowest BCUT2D eigenvalue weighted by Crippen LogP contribution is -2.58. The smallest absolute Gasteiger partial charge is 0.310 e. The van der Waals surface area contributed by atoms with E-state index >= 15 is 0 Å². The molecule has 8 heteroatoms. The Morgan fingerprint density at radius 1 is 1.05 bits per heavy atom. The van der Waals surface area contributed by atoms with Gasteiger partial charge in [0.1, 0.15) is 17.8 Å². The summed E-state index contributed by atoms with van der Waals surface area (Å²) in [6.07, 6.45) is 1.85. The van der Waals surface area contributed by atoms with E-state index in [4.69, 9.17) is 18.9 Å². The van der Waals surface area contributed by atoms with E-state index in [1.54, 1.807) is 6.92 Å². The molecule has 0 bridgehead atoms. The number of rotatable bonds is 5. The van der Waals surface area contributed by atoms with Crippen molar-refractivity contribution in [3.8, 4) is 0 Å². The van der Waals surface area contributed by atoms with Gasteiger partial charge < -0.3 is 18.9 Å². The number of ketones is 1. The van der Waals surface area contributed by atoms with Gasteiger partial charge in [-0.05, 0) is 54.1 Å². The van der Waals surface area contributed by atoms with Gasteiger partial charge in [0.05, 0.1) is 18.9 Å². The number of esters is 3. The molecule has 0 amide bonds. The SMILES string of the molecule is CC(=O)O[C@@H]1[C@@H]2[C@H](OC(=O)Cc3ccccc3)[C@@H](C)C[C@]2(OC(C)=O)C(=O)/C(C)=C\[C@@H]2[C@@H](CC[C@]13CO3)C2(C)C. The molecule has 3 fully saturated rings. The van der Waals surface area contributed by atoms with Crippen LogP contribution in [0.15, 0.2) is 42.0 Å². The molecule has 40 heavy (non-hydrogen) atoms. The number of benzene rings is 1. The van der Waals surface area contributed by atoms with Gasteiger partial charge >= 0.3 is 17.9 Å². The van der Waals surface area contributed by atoms with E-state index < -0.39 is 47.2 Å². The molecule has 2 saturated carbocycles. The molecule has 0 radical (unpaired) electrons. The van der Waals surface area contributed by atoms with Crippen LogP contribution < -0.4 is 0 Å². The molecule has 8 atom stereocenters. The molecule has 1 saturated heterocycles. The second kappa shape index (κ2) is 10.1. The van der Waals surface area contributed by atoms with Crippen LogP contribution in [-0.4, -0.2) is 53.7 Å². The number of epoxide rings is 1. The number of carbonyl (C=O) groups excluding carboxylic acids is 4. The van der Waals surface area contributed by atoms with E-state index in [1.807, 2.05) is 43.3 Å². The minimum absolute atomic E-state index is 0.0141. The summed E-state index contributed by atoms with van der Waals surface area (Å²) in [5.41, 5.74) is -1.22. The first-order chi connectivity index (χ1) is 18.8. The second-order valence-electron chi connectivity index (χ2n) is 12.9. The molecule has 1 aliphatic heterocycles. The Bertz CT molecular complexity index is 1230. The van der Waals surface area contributed by atoms with Crippen LogP contribution in [0.1, 0.15) is 66.4 Å².